The van der Waals surface area contributed by atoms with Crippen molar-refractivity contribution in [3.05, 3.63) is 0 Å². The maximum absolute atomic E-state index is 11.4. The molecule has 164 valence electrons. The lowest BCUT2D eigenvalue weighted by Gasteiger charge is -2.26. The number of cyclic esters (lactones) is 7. The van der Waals surface area contributed by atoms with Crippen LogP contribution < -0.4 is 0 Å². The van der Waals surface area contributed by atoms with E-state index in [2.05, 4.69) is 14.2 Å². The molecular formula is C19H16O12. The first-order valence-electron chi connectivity index (χ1n) is 9.85. The molecule has 0 N–H and O–H groups in total. The van der Waals surface area contributed by atoms with Gasteiger partial charge in [0.1, 0.15) is 0 Å². The van der Waals surface area contributed by atoms with Crippen LogP contribution in [0.4, 0.5) is 0 Å². The van der Waals surface area contributed by atoms with Crippen LogP contribution >= 0.6 is 0 Å². The van der Waals surface area contributed by atoms with Crippen molar-refractivity contribution in [2.45, 2.75) is 31.5 Å². The molecule has 0 aromatic rings. The van der Waals surface area contributed by atoms with Gasteiger partial charge in [-0.25, -0.2) is 9.59 Å². The Morgan fingerprint density at radius 2 is 1.06 bits per heavy atom. The third-order valence-corrected chi connectivity index (χ3v) is 6.70. The van der Waals surface area contributed by atoms with E-state index in [9.17, 15) is 33.6 Å². The molecule has 0 spiro atoms. The molecule has 31 heavy (non-hydrogen) atoms. The molecule has 12 nitrogen and oxygen atoms in total. The summed E-state index contributed by atoms with van der Waals surface area (Å²) in [5, 5.41) is 0. The van der Waals surface area contributed by atoms with Crippen molar-refractivity contribution in [3.63, 3.8) is 0 Å². The Morgan fingerprint density at radius 1 is 0.548 bits per heavy atom. The van der Waals surface area contributed by atoms with Gasteiger partial charge in [0.15, 0.2) is 12.2 Å². The molecule has 0 radical (unpaired) electrons. The van der Waals surface area contributed by atoms with Gasteiger partial charge in [0.2, 0.25) is 0 Å². The van der Waals surface area contributed by atoms with Gasteiger partial charge in [-0.3, -0.25) is 24.0 Å². The molecule has 0 aromatic heterocycles. The fourth-order valence-corrected chi connectivity index (χ4v) is 5.24. The summed E-state index contributed by atoms with van der Waals surface area (Å²) in [6.07, 6.45) is -1.01. The minimum absolute atomic E-state index is 0.0461. The number of ether oxygens (including phenoxy) is 5. The van der Waals surface area contributed by atoms with Gasteiger partial charge >= 0.3 is 41.8 Å². The fraction of sp³-hybridized carbons (Fsp3) is 0.632. The van der Waals surface area contributed by atoms with Crippen molar-refractivity contribution >= 4 is 41.8 Å². The Kier molecular flexibility index (Phi) is 4.43. The van der Waals surface area contributed by atoms with Gasteiger partial charge in [0.25, 0.3) is 0 Å². The minimum atomic E-state index is -1.08. The van der Waals surface area contributed by atoms with Crippen LogP contribution in [-0.2, 0) is 57.2 Å². The standard InChI is InChI=1S/C10H10O5.C9H6O7/c11-8-5-3-6-7(4(5)1-2-14-8)10(13)15-9(6)12;10-6-2-1-3-5(9(13)16-7(3)11)14-4(2)8(12)15-6/h4-7H,1-3H2;2-5H,1H2. The summed E-state index contributed by atoms with van der Waals surface area (Å²) in [7, 11) is 0. The molecule has 12 heteroatoms. The van der Waals surface area contributed by atoms with Crippen molar-refractivity contribution in [3.8, 4) is 0 Å². The second kappa shape index (κ2) is 6.94. The molecule has 5 heterocycles. The topological polar surface area (TPSA) is 166 Å². The number of hydrogen-bond acceptors (Lipinski definition) is 12. The van der Waals surface area contributed by atoms with E-state index in [0.29, 0.717) is 19.4 Å². The highest BCUT2D eigenvalue weighted by Crippen LogP contribution is 2.49. The molecule has 5 saturated heterocycles. The molecule has 6 aliphatic rings. The lowest BCUT2D eigenvalue weighted by molar-refractivity contribution is -0.164. The second-order valence-corrected chi connectivity index (χ2v) is 8.24. The quantitative estimate of drug-likeness (QED) is 0.244. The van der Waals surface area contributed by atoms with Crippen molar-refractivity contribution < 1.29 is 57.2 Å². The summed E-state index contributed by atoms with van der Waals surface area (Å²) in [6, 6.07) is 0. The van der Waals surface area contributed by atoms with Gasteiger partial charge in [-0.15, -0.1) is 0 Å². The predicted octanol–water partition coefficient (Wildman–Crippen LogP) is -1.57. The van der Waals surface area contributed by atoms with Gasteiger partial charge in [0, 0.05) is 0 Å². The van der Waals surface area contributed by atoms with Gasteiger partial charge in [0.05, 0.1) is 36.2 Å². The molecule has 0 aromatic carbocycles. The van der Waals surface area contributed by atoms with E-state index in [4.69, 9.17) is 9.47 Å². The van der Waals surface area contributed by atoms with Crippen LogP contribution in [0.15, 0.2) is 0 Å². The van der Waals surface area contributed by atoms with Gasteiger partial charge < -0.3 is 23.7 Å². The zero-order valence-electron chi connectivity index (χ0n) is 15.8. The Hall–Kier alpha value is -3.15. The zero-order chi connectivity index (χ0) is 22.0. The maximum atomic E-state index is 11.4. The van der Waals surface area contributed by atoms with Gasteiger partial charge in [-0.05, 0) is 25.2 Å². The van der Waals surface area contributed by atoms with E-state index < -0.39 is 71.7 Å². The van der Waals surface area contributed by atoms with Crippen LogP contribution in [0.2, 0.25) is 0 Å². The highest BCUT2D eigenvalue weighted by Gasteiger charge is 2.60. The Bertz CT molecular complexity index is 860. The summed E-state index contributed by atoms with van der Waals surface area (Å²) < 4.78 is 23.4. The third kappa shape index (κ3) is 2.96. The van der Waals surface area contributed by atoms with E-state index in [1.165, 1.54) is 0 Å². The first kappa shape index (κ1) is 19.8. The summed E-state index contributed by atoms with van der Waals surface area (Å²) in [5.74, 6) is -6.92. The second-order valence-electron chi connectivity index (χ2n) is 8.24. The van der Waals surface area contributed by atoms with Crippen molar-refractivity contribution in [2.75, 3.05) is 6.61 Å². The lowest BCUT2D eigenvalue weighted by atomic mass is 9.84. The molecule has 6 rings (SSSR count). The van der Waals surface area contributed by atoms with E-state index in [1.807, 2.05) is 0 Å². The average Bonchev–Trinajstić information content (AvgIpc) is 3.41. The lowest BCUT2D eigenvalue weighted by Crippen LogP contribution is -2.44. The van der Waals surface area contributed by atoms with E-state index in [0.717, 1.165) is 0 Å². The normalized spacial score (nSPS) is 42.4. The van der Waals surface area contributed by atoms with E-state index >= 15 is 0 Å². The van der Waals surface area contributed by atoms with Crippen LogP contribution in [-0.4, -0.2) is 60.6 Å². The zero-order valence-corrected chi connectivity index (χ0v) is 15.8. The fourth-order valence-electron chi connectivity index (χ4n) is 5.24. The molecule has 1 saturated carbocycles. The monoisotopic (exact) mass is 436 g/mol. The van der Waals surface area contributed by atoms with E-state index in [1.54, 1.807) is 0 Å². The highest BCUT2D eigenvalue weighted by molar-refractivity contribution is 6.02. The Labute approximate surface area is 173 Å². The van der Waals surface area contributed by atoms with Gasteiger partial charge in [-0.1, -0.05) is 0 Å². The first-order chi connectivity index (χ1) is 14.8. The van der Waals surface area contributed by atoms with Crippen LogP contribution in [0.1, 0.15) is 19.3 Å². The maximum Gasteiger partial charge on any atom is 0.343 e. The van der Waals surface area contributed by atoms with Crippen LogP contribution in [0.25, 0.3) is 0 Å². The van der Waals surface area contributed by atoms with Gasteiger partial charge in [-0.2, -0.15) is 0 Å². The molecular weight excluding hydrogens is 420 g/mol. The Morgan fingerprint density at radius 3 is 1.68 bits per heavy atom. The SMILES string of the molecule is O=C1OC(=O)C2OC3C(=O)OC(=O)C3CC12.O=C1OCCC2C1CC1C(=O)OC(=O)C12. The van der Waals surface area contributed by atoms with Crippen LogP contribution in [0.3, 0.4) is 0 Å². The molecule has 6 fully saturated rings. The number of hydrogen-bond donors (Lipinski definition) is 0. The molecule has 5 aliphatic heterocycles. The molecule has 0 bridgehead atoms. The summed E-state index contributed by atoms with van der Waals surface area (Å²) in [5.41, 5.74) is 0. The molecule has 8 unspecified atom stereocenters. The molecule has 1 aliphatic carbocycles. The third-order valence-electron chi connectivity index (χ3n) is 6.70. The minimum Gasteiger partial charge on any atom is -0.465 e. The Balaban J connectivity index is 0.000000132. The first-order valence-corrected chi connectivity index (χ1v) is 9.85. The van der Waals surface area contributed by atoms with Crippen molar-refractivity contribution in [2.24, 2.45) is 35.5 Å². The van der Waals surface area contributed by atoms with Crippen LogP contribution in [0, 0.1) is 35.5 Å². The number of rotatable bonds is 0. The van der Waals surface area contributed by atoms with Crippen molar-refractivity contribution in [1.29, 1.82) is 0 Å². The molecule has 0 amide bonds. The van der Waals surface area contributed by atoms with Crippen LogP contribution in [0.5, 0.6) is 0 Å². The number of carbonyl (C=O) groups is 7. The average molecular weight is 436 g/mol. The number of esters is 7. The summed E-state index contributed by atoms with van der Waals surface area (Å²) in [6.45, 7) is 0.352. The largest absolute Gasteiger partial charge is 0.465 e. The van der Waals surface area contributed by atoms with Crippen molar-refractivity contribution in [1.82, 2.24) is 0 Å². The number of carbonyl (C=O) groups excluding carboxylic acids is 7. The molecule has 8 atom stereocenters. The van der Waals surface area contributed by atoms with E-state index in [-0.39, 0.29) is 24.2 Å². The summed E-state index contributed by atoms with van der Waals surface area (Å²) >= 11 is 0. The predicted molar refractivity (Wildman–Crippen MR) is 87.7 cm³/mol. The smallest absolute Gasteiger partial charge is 0.343 e. The highest BCUT2D eigenvalue weighted by atomic mass is 16.7. The summed E-state index contributed by atoms with van der Waals surface area (Å²) in [4.78, 5) is 79.0. The number of fused-ring (bicyclic) bond motifs is 5.